The SMILES string of the molecule is CC(C)(C)[C@H](NC(=O)OC1CCCC1)C(=O)N1C[C@H](O/N=C2/CCOc3ccc(F)cc32)CC1C(=O)N[C@@]1(C(=O)NS(=O)(=O)C2CC2)C[C@H]1C(F)F. The highest BCUT2D eigenvalue weighted by Crippen LogP contribution is 2.48. The maximum absolute atomic E-state index is 14.3. The van der Waals surface area contributed by atoms with Crippen molar-refractivity contribution < 1.29 is 55.1 Å². The molecule has 0 spiro atoms. The number of ether oxygens (including phenoxy) is 2. The Kier molecular flexibility index (Phi) is 10.4. The van der Waals surface area contributed by atoms with Gasteiger partial charge in [-0.2, -0.15) is 0 Å². The van der Waals surface area contributed by atoms with Crippen LogP contribution >= 0.6 is 0 Å². The Morgan fingerprint density at radius 1 is 1.08 bits per heavy atom. The molecule has 286 valence electrons. The lowest BCUT2D eigenvalue weighted by molar-refractivity contribution is -0.143. The molecule has 4 amide bonds. The standard InChI is InChI=1S/C34H44F3N5O9S/c1-33(2,3)27(38-32(46)50-19-6-4-5-7-19)30(44)42-17-20(51-40-24-12-13-49-26-11-8-18(35)14-22(24)26)15-25(42)29(43)39-34(16-23(34)28(36)37)31(45)41-52(47,48)21-9-10-21/h8,11,14,19-21,23,25,27-28H,4-7,9-10,12-13,15-17H2,1-3H3,(H,38,46)(H,39,43)(H,41,45)/b40-24-/t20-,23+,25?,27-,34+/m1/s1. The van der Waals surface area contributed by atoms with Crippen molar-refractivity contribution in [3.8, 4) is 5.75 Å². The topological polar surface area (TPSA) is 182 Å². The van der Waals surface area contributed by atoms with Gasteiger partial charge < -0.3 is 29.8 Å². The molecule has 2 aliphatic heterocycles. The first-order chi connectivity index (χ1) is 24.5. The van der Waals surface area contributed by atoms with E-state index < -0.39 is 92.8 Å². The zero-order valence-corrected chi connectivity index (χ0v) is 30.0. The number of alkyl halides is 2. The molecular formula is C34H44F3N5O9S. The van der Waals surface area contributed by atoms with Crippen molar-refractivity contribution in [2.75, 3.05) is 13.2 Å². The van der Waals surface area contributed by atoms with Gasteiger partial charge in [0.05, 0.1) is 30.0 Å². The van der Waals surface area contributed by atoms with Crippen molar-refractivity contribution in [3.05, 3.63) is 29.6 Å². The number of hydrogen-bond donors (Lipinski definition) is 3. The van der Waals surface area contributed by atoms with E-state index in [2.05, 4.69) is 15.8 Å². The minimum Gasteiger partial charge on any atom is -0.492 e. The molecule has 0 bridgehead atoms. The van der Waals surface area contributed by atoms with Gasteiger partial charge in [0, 0.05) is 18.4 Å². The van der Waals surface area contributed by atoms with Gasteiger partial charge in [0.1, 0.15) is 41.4 Å². The second kappa shape index (κ2) is 14.4. The maximum Gasteiger partial charge on any atom is 0.408 e. The van der Waals surface area contributed by atoms with Crippen LogP contribution in [0.2, 0.25) is 0 Å². The van der Waals surface area contributed by atoms with Crippen molar-refractivity contribution in [2.24, 2.45) is 16.5 Å². The highest BCUT2D eigenvalue weighted by Gasteiger charge is 2.67. The van der Waals surface area contributed by atoms with Crippen LogP contribution in [0.25, 0.3) is 0 Å². The lowest BCUT2D eigenvalue weighted by atomic mass is 9.85. The number of oxime groups is 1. The number of nitrogens with zero attached hydrogens (tertiary/aromatic N) is 2. The molecule has 3 saturated carbocycles. The molecule has 0 radical (unpaired) electrons. The largest absolute Gasteiger partial charge is 0.492 e. The third-order valence-electron chi connectivity index (χ3n) is 10.2. The maximum atomic E-state index is 14.3. The normalized spacial score (nSPS) is 27.4. The van der Waals surface area contributed by atoms with Gasteiger partial charge in [-0.15, -0.1) is 0 Å². The van der Waals surface area contributed by atoms with Gasteiger partial charge >= 0.3 is 6.09 Å². The van der Waals surface area contributed by atoms with E-state index in [-0.39, 0.29) is 32.1 Å². The number of rotatable bonds is 11. The second-order valence-corrected chi connectivity index (χ2v) is 17.2. The Balaban J connectivity index is 1.25. The first-order valence-corrected chi connectivity index (χ1v) is 19.1. The summed E-state index contributed by atoms with van der Waals surface area (Å²) in [6.45, 7) is 5.11. The number of alkyl carbamates (subject to hydrolysis) is 1. The molecule has 2 heterocycles. The number of carbonyl (C=O) groups is 4. The van der Waals surface area contributed by atoms with Crippen LogP contribution < -0.4 is 20.1 Å². The van der Waals surface area contributed by atoms with Crippen LogP contribution in [0.1, 0.15) is 84.1 Å². The third kappa shape index (κ3) is 8.10. The molecular weight excluding hydrogens is 711 g/mol. The van der Waals surface area contributed by atoms with Crippen LogP contribution in [0.3, 0.4) is 0 Å². The average molecular weight is 756 g/mol. The fourth-order valence-electron chi connectivity index (χ4n) is 7.01. The van der Waals surface area contributed by atoms with Crippen LogP contribution in [0.4, 0.5) is 18.0 Å². The molecule has 3 aliphatic carbocycles. The fraction of sp³-hybridized carbons (Fsp3) is 0.676. The molecule has 1 unspecified atom stereocenters. The summed E-state index contributed by atoms with van der Waals surface area (Å²) in [6, 6.07) is 1.31. The predicted octanol–water partition coefficient (Wildman–Crippen LogP) is 3.13. The smallest absolute Gasteiger partial charge is 0.408 e. The molecule has 1 aromatic rings. The summed E-state index contributed by atoms with van der Waals surface area (Å²) in [5.74, 6) is -4.77. The van der Waals surface area contributed by atoms with E-state index in [9.17, 15) is 40.8 Å². The Morgan fingerprint density at radius 3 is 2.42 bits per heavy atom. The van der Waals surface area contributed by atoms with Crippen molar-refractivity contribution in [3.63, 3.8) is 0 Å². The Bertz CT molecular complexity index is 1730. The van der Waals surface area contributed by atoms with Crippen LogP contribution in [-0.2, 0) is 34.0 Å². The van der Waals surface area contributed by atoms with Gasteiger partial charge in [0.15, 0.2) is 0 Å². The van der Waals surface area contributed by atoms with E-state index in [1.54, 1.807) is 20.8 Å². The second-order valence-electron chi connectivity index (χ2n) is 15.3. The predicted molar refractivity (Wildman–Crippen MR) is 178 cm³/mol. The molecule has 5 aliphatic rings. The number of likely N-dealkylation sites (tertiary alicyclic amines) is 1. The van der Waals surface area contributed by atoms with Crippen LogP contribution in [-0.4, -0.2) is 97.5 Å². The number of hydrogen-bond acceptors (Lipinski definition) is 10. The summed E-state index contributed by atoms with van der Waals surface area (Å²) in [4.78, 5) is 61.6. The molecule has 14 nitrogen and oxygen atoms in total. The Labute approximate surface area is 299 Å². The number of carbonyl (C=O) groups excluding carboxylic acids is 4. The fourth-order valence-corrected chi connectivity index (χ4v) is 8.37. The van der Waals surface area contributed by atoms with E-state index >= 15 is 0 Å². The van der Waals surface area contributed by atoms with Crippen molar-refractivity contribution in [1.29, 1.82) is 0 Å². The summed E-state index contributed by atoms with van der Waals surface area (Å²) in [6.07, 6.45) is -1.74. The van der Waals surface area contributed by atoms with Crippen LogP contribution in [0.15, 0.2) is 23.4 Å². The molecule has 1 aromatic carbocycles. The van der Waals surface area contributed by atoms with E-state index in [1.165, 1.54) is 18.2 Å². The molecule has 3 N–H and O–H groups in total. The molecule has 0 aromatic heterocycles. The first-order valence-electron chi connectivity index (χ1n) is 17.6. The number of sulfonamides is 1. The van der Waals surface area contributed by atoms with Crippen molar-refractivity contribution in [2.45, 2.75) is 120 Å². The molecule has 52 heavy (non-hydrogen) atoms. The summed E-state index contributed by atoms with van der Waals surface area (Å²) in [5, 5.41) is 8.42. The minimum atomic E-state index is -4.14. The highest BCUT2D eigenvalue weighted by molar-refractivity contribution is 7.91. The average Bonchev–Trinajstić information content (AvgIpc) is 3.96. The highest BCUT2D eigenvalue weighted by atomic mass is 32.2. The van der Waals surface area contributed by atoms with E-state index in [0.717, 1.165) is 17.7 Å². The Hall–Kier alpha value is -4.09. The van der Waals surface area contributed by atoms with E-state index in [0.29, 0.717) is 42.7 Å². The lowest BCUT2D eigenvalue weighted by Crippen LogP contribution is -2.60. The molecule has 5 atom stereocenters. The summed E-state index contributed by atoms with van der Waals surface area (Å²) in [5.41, 5.74) is -2.41. The minimum absolute atomic E-state index is 0.207. The molecule has 18 heteroatoms. The number of nitrogens with one attached hydrogen (secondary N) is 3. The van der Waals surface area contributed by atoms with Gasteiger partial charge in [-0.05, 0) is 68.6 Å². The van der Waals surface area contributed by atoms with Gasteiger partial charge in [0.2, 0.25) is 28.3 Å². The van der Waals surface area contributed by atoms with Crippen LogP contribution in [0.5, 0.6) is 5.75 Å². The van der Waals surface area contributed by atoms with Gasteiger partial charge in [-0.1, -0.05) is 25.9 Å². The van der Waals surface area contributed by atoms with Crippen LogP contribution in [0, 0.1) is 17.2 Å². The molecule has 1 saturated heterocycles. The van der Waals surface area contributed by atoms with Gasteiger partial charge in [-0.25, -0.2) is 26.4 Å². The van der Waals surface area contributed by atoms with Crippen molar-refractivity contribution >= 4 is 39.5 Å². The zero-order valence-electron chi connectivity index (χ0n) is 29.2. The number of benzene rings is 1. The molecule has 6 rings (SSSR count). The van der Waals surface area contributed by atoms with Crippen molar-refractivity contribution in [1.82, 2.24) is 20.3 Å². The van der Waals surface area contributed by atoms with E-state index in [1.807, 2.05) is 4.72 Å². The number of halogens is 3. The Morgan fingerprint density at radius 2 is 1.79 bits per heavy atom. The summed E-state index contributed by atoms with van der Waals surface area (Å²) in [7, 11) is -4.14. The van der Waals surface area contributed by atoms with Gasteiger partial charge in [-0.3, -0.25) is 19.1 Å². The molecule has 4 fully saturated rings. The zero-order chi connectivity index (χ0) is 37.6. The third-order valence-corrected chi connectivity index (χ3v) is 12.0. The first kappa shape index (κ1) is 37.7. The quantitative estimate of drug-likeness (QED) is 0.286. The van der Waals surface area contributed by atoms with E-state index in [4.69, 9.17) is 14.3 Å². The monoisotopic (exact) mass is 755 g/mol. The lowest BCUT2D eigenvalue weighted by Gasteiger charge is -2.35. The summed E-state index contributed by atoms with van der Waals surface area (Å²) >= 11 is 0. The number of amides is 4. The summed E-state index contributed by atoms with van der Waals surface area (Å²) < 4.78 is 80.2. The number of fused-ring (bicyclic) bond motifs is 1. The van der Waals surface area contributed by atoms with Gasteiger partial charge in [0.25, 0.3) is 5.91 Å².